The van der Waals surface area contributed by atoms with Crippen LogP contribution >= 0.6 is 0 Å². The van der Waals surface area contributed by atoms with Gasteiger partial charge in [0, 0.05) is 25.7 Å². The van der Waals surface area contributed by atoms with Crippen LogP contribution in [-0.4, -0.2) is 66.2 Å². The van der Waals surface area contributed by atoms with E-state index in [0.29, 0.717) is 32.1 Å². The summed E-state index contributed by atoms with van der Waals surface area (Å²) in [6.45, 7) is 3.60. The minimum atomic E-state index is -0.713. The lowest BCUT2D eigenvalue weighted by molar-refractivity contribution is -0.0345. The van der Waals surface area contributed by atoms with E-state index in [9.17, 15) is 10.2 Å². The first-order chi connectivity index (χ1) is 9.66. The number of nitrogens with zero attached hydrogens (tertiary/aromatic N) is 1. The van der Waals surface area contributed by atoms with E-state index in [-0.39, 0.29) is 6.04 Å². The number of hydrogen-bond donors (Lipinski definition) is 3. The Bertz CT molecular complexity index is 266. The number of morpholine rings is 1. The molecule has 1 unspecified atom stereocenters. The Balaban J connectivity index is 1.70. The molecule has 0 bridgehead atoms. The standard InChI is InChI=1S/C15H30N2O3/c16-13(12-4-2-1-3-5-12)10-14(18)15(19)11-17-6-8-20-9-7-17/h12-15,18-19H,1-11,16H2/t13?,14-,15+/m1/s1. The number of aliphatic hydroxyl groups excluding tert-OH is 2. The smallest absolute Gasteiger partial charge is 0.0926 e. The highest BCUT2D eigenvalue weighted by molar-refractivity contribution is 4.82. The van der Waals surface area contributed by atoms with E-state index in [4.69, 9.17) is 10.5 Å². The molecule has 0 radical (unpaired) electrons. The van der Waals surface area contributed by atoms with E-state index < -0.39 is 12.2 Å². The van der Waals surface area contributed by atoms with Gasteiger partial charge in [-0.2, -0.15) is 0 Å². The molecule has 1 aliphatic heterocycles. The van der Waals surface area contributed by atoms with E-state index in [2.05, 4.69) is 4.90 Å². The molecule has 5 nitrogen and oxygen atoms in total. The fourth-order valence-corrected chi connectivity index (χ4v) is 3.36. The van der Waals surface area contributed by atoms with Crippen molar-refractivity contribution >= 4 is 0 Å². The molecule has 1 heterocycles. The van der Waals surface area contributed by atoms with Crippen molar-refractivity contribution in [1.82, 2.24) is 4.90 Å². The van der Waals surface area contributed by atoms with Crippen LogP contribution in [0.1, 0.15) is 38.5 Å². The fraction of sp³-hybridized carbons (Fsp3) is 1.00. The maximum absolute atomic E-state index is 10.2. The lowest BCUT2D eigenvalue weighted by atomic mass is 9.82. The second-order valence-electron chi connectivity index (χ2n) is 6.35. The van der Waals surface area contributed by atoms with Crippen molar-refractivity contribution in [2.45, 2.75) is 56.8 Å². The Hall–Kier alpha value is -0.200. The van der Waals surface area contributed by atoms with E-state index in [1.54, 1.807) is 0 Å². The van der Waals surface area contributed by atoms with Crippen molar-refractivity contribution < 1.29 is 14.9 Å². The normalized spacial score (nSPS) is 27.1. The van der Waals surface area contributed by atoms with E-state index in [0.717, 1.165) is 13.1 Å². The van der Waals surface area contributed by atoms with Crippen molar-refractivity contribution in [3.63, 3.8) is 0 Å². The minimum absolute atomic E-state index is 0.0182. The first-order valence-electron chi connectivity index (χ1n) is 8.08. The minimum Gasteiger partial charge on any atom is -0.390 e. The van der Waals surface area contributed by atoms with Crippen molar-refractivity contribution in [2.75, 3.05) is 32.8 Å². The molecule has 118 valence electrons. The van der Waals surface area contributed by atoms with Gasteiger partial charge in [0.25, 0.3) is 0 Å². The Morgan fingerprint density at radius 3 is 2.35 bits per heavy atom. The first kappa shape index (κ1) is 16.2. The van der Waals surface area contributed by atoms with Gasteiger partial charge < -0.3 is 20.7 Å². The molecule has 1 aliphatic carbocycles. The van der Waals surface area contributed by atoms with Gasteiger partial charge in [-0.3, -0.25) is 4.90 Å². The number of rotatable bonds is 6. The Morgan fingerprint density at radius 2 is 1.70 bits per heavy atom. The molecule has 20 heavy (non-hydrogen) atoms. The molecular formula is C15H30N2O3. The van der Waals surface area contributed by atoms with E-state index in [1.807, 2.05) is 0 Å². The summed E-state index contributed by atoms with van der Waals surface area (Å²) in [5.74, 6) is 0.522. The van der Waals surface area contributed by atoms with Crippen LogP contribution in [0.5, 0.6) is 0 Å². The van der Waals surface area contributed by atoms with Crippen molar-refractivity contribution in [1.29, 1.82) is 0 Å². The molecule has 2 rings (SSSR count). The van der Waals surface area contributed by atoms with Crippen LogP contribution in [0.15, 0.2) is 0 Å². The summed E-state index contributed by atoms with van der Waals surface area (Å²) < 4.78 is 5.28. The quantitative estimate of drug-likeness (QED) is 0.656. The molecule has 0 amide bonds. The van der Waals surface area contributed by atoms with Gasteiger partial charge in [0.1, 0.15) is 0 Å². The summed E-state index contributed by atoms with van der Waals surface area (Å²) in [5.41, 5.74) is 6.22. The average Bonchev–Trinajstić information content (AvgIpc) is 2.49. The maximum atomic E-state index is 10.2. The molecule has 1 saturated heterocycles. The van der Waals surface area contributed by atoms with E-state index in [1.165, 1.54) is 32.1 Å². The molecular weight excluding hydrogens is 256 g/mol. The monoisotopic (exact) mass is 286 g/mol. The van der Waals surface area contributed by atoms with Gasteiger partial charge in [0.05, 0.1) is 25.4 Å². The molecule has 3 atom stereocenters. The van der Waals surface area contributed by atoms with E-state index >= 15 is 0 Å². The molecule has 0 aromatic heterocycles. The largest absolute Gasteiger partial charge is 0.390 e. The van der Waals surface area contributed by atoms with Gasteiger partial charge in [-0.1, -0.05) is 19.3 Å². The predicted octanol–water partition coefficient (Wildman–Crippen LogP) is 0.338. The van der Waals surface area contributed by atoms with Gasteiger partial charge in [0.15, 0.2) is 0 Å². The predicted molar refractivity (Wildman–Crippen MR) is 78.4 cm³/mol. The third kappa shape index (κ3) is 4.97. The number of hydrogen-bond acceptors (Lipinski definition) is 5. The first-order valence-corrected chi connectivity index (χ1v) is 8.08. The lowest BCUT2D eigenvalue weighted by Crippen LogP contribution is -2.46. The summed E-state index contributed by atoms with van der Waals surface area (Å²) in [4.78, 5) is 2.14. The summed E-state index contributed by atoms with van der Waals surface area (Å²) in [7, 11) is 0. The molecule has 2 aliphatic rings. The van der Waals surface area contributed by atoms with Crippen LogP contribution in [0.25, 0.3) is 0 Å². The zero-order chi connectivity index (χ0) is 14.4. The number of nitrogens with two attached hydrogens (primary N) is 1. The fourth-order valence-electron chi connectivity index (χ4n) is 3.36. The average molecular weight is 286 g/mol. The summed E-state index contributed by atoms with van der Waals surface area (Å²) in [5, 5.41) is 20.3. The topological polar surface area (TPSA) is 79.0 Å². The maximum Gasteiger partial charge on any atom is 0.0926 e. The molecule has 4 N–H and O–H groups in total. The Morgan fingerprint density at radius 1 is 1.05 bits per heavy atom. The van der Waals surface area contributed by atoms with Crippen LogP contribution in [0.2, 0.25) is 0 Å². The summed E-state index contributed by atoms with van der Waals surface area (Å²) in [6.07, 6.45) is 5.26. The van der Waals surface area contributed by atoms with Crippen LogP contribution in [0, 0.1) is 5.92 Å². The molecule has 0 aromatic rings. The zero-order valence-corrected chi connectivity index (χ0v) is 12.4. The molecule has 1 saturated carbocycles. The highest BCUT2D eigenvalue weighted by Gasteiger charge is 2.27. The van der Waals surface area contributed by atoms with Crippen LogP contribution < -0.4 is 5.73 Å². The van der Waals surface area contributed by atoms with Gasteiger partial charge in [-0.25, -0.2) is 0 Å². The second-order valence-corrected chi connectivity index (χ2v) is 6.35. The van der Waals surface area contributed by atoms with Crippen molar-refractivity contribution in [3.8, 4) is 0 Å². The second kappa shape index (κ2) is 8.29. The van der Waals surface area contributed by atoms with Gasteiger partial charge >= 0.3 is 0 Å². The molecule has 0 aromatic carbocycles. The number of aliphatic hydroxyl groups is 2. The lowest BCUT2D eigenvalue weighted by Gasteiger charge is -2.32. The van der Waals surface area contributed by atoms with Crippen molar-refractivity contribution in [3.05, 3.63) is 0 Å². The molecule has 2 fully saturated rings. The van der Waals surface area contributed by atoms with Gasteiger partial charge in [0.2, 0.25) is 0 Å². The molecule has 5 heteroatoms. The zero-order valence-electron chi connectivity index (χ0n) is 12.4. The third-order valence-corrected chi connectivity index (χ3v) is 4.76. The SMILES string of the molecule is NC(C[C@@H](O)[C@@H](O)CN1CCOCC1)C1CCCCC1. The van der Waals surface area contributed by atoms with Crippen molar-refractivity contribution in [2.24, 2.45) is 11.7 Å². The van der Waals surface area contributed by atoms with Crippen LogP contribution in [-0.2, 0) is 4.74 Å². The third-order valence-electron chi connectivity index (χ3n) is 4.76. The Labute approximate surface area is 122 Å². The highest BCUT2D eigenvalue weighted by atomic mass is 16.5. The highest BCUT2D eigenvalue weighted by Crippen LogP contribution is 2.27. The summed E-state index contributed by atoms with van der Waals surface area (Å²) in [6, 6.07) is 0.0182. The molecule has 0 spiro atoms. The number of ether oxygens (including phenoxy) is 1. The van der Waals surface area contributed by atoms with Gasteiger partial charge in [-0.15, -0.1) is 0 Å². The summed E-state index contributed by atoms with van der Waals surface area (Å²) >= 11 is 0. The van der Waals surface area contributed by atoms with Crippen LogP contribution in [0.4, 0.5) is 0 Å². The number of β-amino-alcohol motifs (C(OH)–C–C–N with tert-alkyl or cyclic N) is 1. The Kier molecular flexibility index (Phi) is 6.71. The van der Waals surface area contributed by atoms with Gasteiger partial charge in [-0.05, 0) is 25.2 Å². The van der Waals surface area contributed by atoms with Crippen LogP contribution in [0.3, 0.4) is 0 Å².